The van der Waals surface area contributed by atoms with Gasteiger partial charge in [-0.15, -0.1) is 9.42 Å². The second-order valence-electron chi connectivity index (χ2n) is 8.43. The van der Waals surface area contributed by atoms with Crippen molar-refractivity contribution in [1.82, 2.24) is 9.62 Å². The van der Waals surface area contributed by atoms with Gasteiger partial charge in [-0.1, -0.05) is 59.6 Å². The van der Waals surface area contributed by atoms with E-state index in [2.05, 4.69) is 14.1 Å². The number of nitrogens with zero attached hydrogens (tertiary/aromatic N) is 1. The predicted molar refractivity (Wildman–Crippen MR) is 136 cm³/mol. The molecular formula is C24H24Cl2N2O5PS+. The largest absolute Gasteiger partial charge is 0.695 e. The van der Waals surface area contributed by atoms with Crippen molar-refractivity contribution in [3.63, 3.8) is 0 Å². The maximum atomic E-state index is 13.1. The lowest BCUT2D eigenvalue weighted by molar-refractivity contribution is 0.272. The van der Waals surface area contributed by atoms with Gasteiger partial charge in [-0.05, 0) is 59.1 Å². The minimum atomic E-state index is -3.77. The molecule has 0 radical (unpaired) electrons. The summed E-state index contributed by atoms with van der Waals surface area (Å²) in [5.74, 6) is -0.0704. The molecular weight excluding hydrogens is 530 g/mol. The van der Waals surface area contributed by atoms with Gasteiger partial charge >= 0.3 is 8.25 Å². The maximum absolute atomic E-state index is 13.1. The number of hydrogen-bond acceptors (Lipinski definition) is 5. The topological polar surface area (TPSA) is 95.9 Å². The van der Waals surface area contributed by atoms with E-state index in [1.807, 2.05) is 19.2 Å². The van der Waals surface area contributed by atoms with Gasteiger partial charge in [-0.3, -0.25) is 0 Å². The monoisotopic (exact) mass is 553 g/mol. The van der Waals surface area contributed by atoms with Gasteiger partial charge in [-0.25, -0.2) is 13.1 Å². The Bertz CT molecular complexity index is 1350. The zero-order chi connectivity index (χ0) is 25.2. The molecule has 0 bridgehead atoms. The van der Waals surface area contributed by atoms with Gasteiger partial charge in [-0.2, -0.15) is 0 Å². The van der Waals surface area contributed by atoms with Crippen LogP contribution in [0.3, 0.4) is 0 Å². The zero-order valence-electron chi connectivity index (χ0n) is 18.8. The lowest BCUT2D eigenvalue weighted by atomic mass is 9.85. The van der Waals surface area contributed by atoms with Crippen molar-refractivity contribution in [2.75, 3.05) is 13.6 Å². The highest BCUT2D eigenvalue weighted by molar-refractivity contribution is 7.89. The first-order valence-corrected chi connectivity index (χ1v) is 14.1. The molecule has 2 N–H and O–H groups in total. The quantitative estimate of drug-likeness (QED) is 0.371. The fraction of sp³-hybridized carbons (Fsp3) is 0.250. The molecule has 0 aliphatic carbocycles. The summed E-state index contributed by atoms with van der Waals surface area (Å²) >= 11 is 12.7. The Balaban J connectivity index is 1.52. The van der Waals surface area contributed by atoms with E-state index in [0.29, 0.717) is 28.7 Å². The molecule has 1 heterocycles. The Hall–Kier alpha value is -1.87. The van der Waals surface area contributed by atoms with Crippen LogP contribution in [0, 0.1) is 0 Å². The van der Waals surface area contributed by atoms with Crippen molar-refractivity contribution in [3.05, 3.63) is 98.5 Å². The molecule has 0 aromatic heterocycles. The van der Waals surface area contributed by atoms with E-state index in [4.69, 9.17) is 28.1 Å². The van der Waals surface area contributed by atoms with Crippen LogP contribution in [0.1, 0.15) is 33.7 Å². The molecule has 35 heavy (non-hydrogen) atoms. The molecule has 3 aromatic carbocycles. The number of rotatable bonds is 8. The third kappa shape index (κ3) is 6.47. The molecule has 1 aliphatic heterocycles. The van der Waals surface area contributed by atoms with Gasteiger partial charge < -0.3 is 4.90 Å². The molecule has 0 saturated carbocycles. The average Bonchev–Trinajstić information content (AvgIpc) is 2.82. The maximum Gasteiger partial charge on any atom is 0.695 e. The smallest absolute Gasteiger partial charge is 0.301 e. The Morgan fingerprint density at radius 3 is 2.54 bits per heavy atom. The zero-order valence-corrected chi connectivity index (χ0v) is 22.0. The van der Waals surface area contributed by atoms with Crippen LogP contribution < -0.4 is 4.72 Å². The van der Waals surface area contributed by atoms with Gasteiger partial charge in [0.1, 0.15) is 6.61 Å². The molecule has 0 amide bonds. The van der Waals surface area contributed by atoms with Gasteiger partial charge in [0.15, 0.2) is 0 Å². The molecule has 0 fully saturated rings. The van der Waals surface area contributed by atoms with E-state index in [1.165, 1.54) is 0 Å². The summed E-state index contributed by atoms with van der Waals surface area (Å²) in [4.78, 5) is 11.1. The Morgan fingerprint density at radius 2 is 1.83 bits per heavy atom. The highest BCUT2D eigenvalue weighted by atomic mass is 35.5. The summed E-state index contributed by atoms with van der Waals surface area (Å²) in [6.07, 6.45) is 0. The first kappa shape index (κ1) is 26.2. The second kappa shape index (κ2) is 11.0. The third-order valence-corrected chi connectivity index (χ3v) is 8.20. The summed E-state index contributed by atoms with van der Waals surface area (Å²) in [6.45, 7) is 1.51. The molecule has 11 heteroatoms. The van der Waals surface area contributed by atoms with Crippen LogP contribution in [0.25, 0.3) is 0 Å². The number of fused-ring (bicyclic) bond motifs is 1. The average molecular weight is 554 g/mol. The highest BCUT2D eigenvalue weighted by Crippen LogP contribution is 2.38. The second-order valence-corrected chi connectivity index (χ2v) is 11.8. The van der Waals surface area contributed by atoms with Crippen molar-refractivity contribution < 1.29 is 22.4 Å². The summed E-state index contributed by atoms with van der Waals surface area (Å²) < 4.78 is 44.1. The van der Waals surface area contributed by atoms with E-state index in [9.17, 15) is 13.0 Å². The third-order valence-electron chi connectivity index (χ3n) is 5.89. The molecule has 1 aliphatic rings. The molecule has 2 unspecified atom stereocenters. The van der Waals surface area contributed by atoms with Crippen LogP contribution in [-0.4, -0.2) is 31.8 Å². The number of sulfonamides is 1. The van der Waals surface area contributed by atoms with Gasteiger partial charge in [0.25, 0.3) is 0 Å². The van der Waals surface area contributed by atoms with Gasteiger partial charge in [0, 0.05) is 40.2 Å². The first-order valence-electron chi connectivity index (χ1n) is 10.8. The Morgan fingerprint density at radius 1 is 1.11 bits per heavy atom. The Labute approximate surface area is 215 Å². The van der Waals surface area contributed by atoms with E-state index >= 15 is 0 Å². The normalized spacial score (nSPS) is 16.7. The molecule has 3 aromatic rings. The van der Waals surface area contributed by atoms with Crippen LogP contribution in [0.2, 0.25) is 10.0 Å². The van der Waals surface area contributed by atoms with E-state index in [0.717, 1.165) is 22.3 Å². The lowest BCUT2D eigenvalue weighted by Crippen LogP contribution is -2.31. The summed E-state index contributed by atoms with van der Waals surface area (Å²) in [5, 5.41) is 1.16. The summed E-state index contributed by atoms with van der Waals surface area (Å²) in [7, 11) is -4.43. The number of halogens is 2. The lowest BCUT2D eigenvalue weighted by Gasteiger charge is -2.33. The molecule has 4 rings (SSSR count). The number of likely N-dealkylation sites (N-methyl/N-ethyl adjacent to an activating group) is 1. The van der Waals surface area contributed by atoms with Crippen molar-refractivity contribution in [1.29, 1.82) is 0 Å². The van der Waals surface area contributed by atoms with Crippen molar-refractivity contribution in [3.8, 4) is 0 Å². The van der Waals surface area contributed by atoms with E-state index in [1.54, 1.807) is 48.5 Å². The van der Waals surface area contributed by atoms with Crippen LogP contribution in [0.15, 0.2) is 65.6 Å². The van der Waals surface area contributed by atoms with E-state index < -0.39 is 18.3 Å². The summed E-state index contributed by atoms with van der Waals surface area (Å²) in [5.41, 5.74) is 4.33. The standard InChI is InChI=1S/C24H23Cl2N2O5PS/c1-28-13-22(21-10-19(25)11-24(26)23(21)14-28)18-3-2-4-20(9-18)35(31,32)27-12-16-5-7-17(8-6-16)15-33-34(29)30/h2-11,22,27H,12-15H2,1H3/p+1. The van der Waals surface area contributed by atoms with Gasteiger partial charge in [0.2, 0.25) is 10.0 Å². The fourth-order valence-corrected chi connectivity index (χ4v) is 6.07. The SMILES string of the molecule is CN1Cc2c(Cl)cc(Cl)cc2C(c2cccc(S(=O)(=O)NCc3ccc(CO[P+](=O)O)cc3)c2)C1. The fourth-order valence-electron chi connectivity index (χ4n) is 4.17. The minimum Gasteiger partial charge on any atom is -0.301 e. The van der Waals surface area contributed by atoms with Gasteiger partial charge in [0.05, 0.1) is 4.90 Å². The van der Waals surface area contributed by atoms with Crippen LogP contribution >= 0.6 is 31.5 Å². The molecule has 184 valence electrons. The van der Waals surface area contributed by atoms with Crippen LogP contribution in [-0.2, 0) is 38.8 Å². The number of nitrogens with one attached hydrogen (secondary N) is 1. The molecule has 2 atom stereocenters. The molecule has 0 saturated heterocycles. The first-order chi connectivity index (χ1) is 16.6. The Kier molecular flexibility index (Phi) is 8.26. The van der Waals surface area contributed by atoms with Crippen molar-refractivity contribution >= 4 is 41.5 Å². The molecule has 7 nitrogen and oxygen atoms in total. The number of hydrogen-bond donors (Lipinski definition) is 2. The van der Waals surface area contributed by atoms with Crippen LogP contribution in [0.4, 0.5) is 0 Å². The highest BCUT2D eigenvalue weighted by Gasteiger charge is 2.28. The minimum absolute atomic E-state index is 0.000408. The van der Waals surface area contributed by atoms with Crippen LogP contribution in [0.5, 0.6) is 0 Å². The van der Waals surface area contributed by atoms with E-state index in [-0.39, 0.29) is 24.0 Å². The van der Waals surface area contributed by atoms with Crippen molar-refractivity contribution in [2.24, 2.45) is 0 Å². The summed E-state index contributed by atoms with van der Waals surface area (Å²) in [6, 6.07) is 17.5. The predicted octanol–water partition coefficient (Wildman–Crippen LogP) is 5.22. The van der Waals surface area contributed by atoms with Crippen molar-refractivity contribution in [2.45, 2.75) is 30.5 Å². The molecule has 0 spiro atoms. The number of benzene rings is 3.